The highest BCUT2D eigenvalue weighted by atomic mass is 32.2. The zero-order chi connectivity index (χ0) is 21.8. The molecule has 1 heterocycles. The van der Waals surface area contributed by atoms with E-state index >= 15 is 0 Å². The van der Waals surface area contributed by atoms with E-state index in [9.17, 15) is 8.42 Å². The molecule has 9 heteroatoms. The van der Waals surface area contributed by atoms with Crippen LogP contribution in [0.25, 0.3) is 0 Å². The van der Waals surface area contributed by atoms with Gasteiger partial charge in [0.25, 0.3) is 0 Å². The van der Waals surface area contributed by atoms with Gasteiger partial charge >= 0.3 is 0 Å². The first-order valence-corrected chi connectivity index (χ1v) is 12.2. The van der Waals surface area contributed by atoms with Gasteiger partial charge in [0.2, 0.25) is 15.9 Å². The van der Waals surface area contributed by atoms with Crippen LogP contribution in [0.1, 0.15) is 50.0 Å². The standard InChI is InChI=1S/C21H34N4O4S/c1-4-25(5-2)15-9-17-30(26,27)24-19(13-12-18-10-7-6-8-11-18)21-22-20(23-29-21)14-16-28-3/h6-8,10-11,19,24H,4-5,9,12-17H2,1-3H3/t19-/m1/s1. The van der Waals surface area contributed by atoms with Gasteiger partial charge in [0.1, 0.15) is 6.04 Å². The van der Waals surface area contributed by atoms with Crippen molar-refractivity contribution >= 4 is 10.0 Å². The first-order chi connectivity index (χ1) is 14.5. The average Bonchev–Trinajstić information content (AvgIpc) is 3.22. The topological polar surface area (TPSA) is 97.6 Å². The summed E-state index contributed by atoms with van der Waals surface area (Å²) in [5.41, 5.74) is 1.13. The van der Waals surface area contributed by atoms with Crippen LogP contribution < -0.4 is 4.72 Å². The van der Waals surface area contributed by atoms with Gasteiger partial charge in [-0.05, 0) is 44.5 Å². The van der Waals surface area contributed by atoms with Gasteiger partial charge in [-0.25, -0.2) is 13.1 Å². The minimum absolute atomic E-state index is 0.0655. The fraction of sp³-hybridized carbons (Fsp3) is 0.619. The molecule has 0 bridgehead atoms. The van der Waals surface area contributed by atoms with Crippen LogP contribution in [0, 0.1) is 0 Å². The maximum atomic E-state index is 12.7. The number of sulfonamides is 1. The molecular formula is C21H34N4O4S. The molecule has 0 radical (unpaired) electrons. The first kappa shape index (κ1) is 24.5. The predicted octanol–water partition coefficient (Wildman–Crippen LogP) is 2.58. The van der Waals surface area contributed by atoms with Crippen molar-refractivity contribution in [3.05, 3.63) is 47.6 Å². The van der Waals surface area contributed by atoms with Crippen LogP contribution in [-0.4, -0.2) is 62.6 Å². The molecule has 0 saturated carbocycles. The van der Waals surface area contributed by atoms with E-state index in [1.165, 1.54) is 0 Å². The number of methoxy groups -OCH3 is 1. The molecule has 168 valence electrons. The molecule has 0 amide bonds. The predicted molar refractivity (Wildman–Crippen MR) is 117 cm³/mol. The Kier molecular flexibility index (Phi) is 10.4. The summed E-state index contributed by atoms with van der Waals surface area (Å²) in [6.45, 7) is 7.21. The second kappa shape index (κ2) is 12.8. The molecule has 1 N–H and O–H groups in total. The van der Waals surface area contributed by atoms with Crippen molar-refractivity contribution in [3.63, 3.8) is 0 Å². The molecule has 8 nitrogen and oxygen atoms in total. The van der Waals surface area contributed by atoms with Gasteiger partial charge in [0, 0.05) is 13.5 Å². The number of nitrogens with one attached hydrogen (secondary N) is 1. The highest BCUT2D eigenvalue weighted by Gasteiger charge is 2.24. The van der Waals surface area contributed by atoms with Gasteiger partial charge < -0.3 is 14.2 Å². The maximum Gasteiger partial charge on any atom is 0.244 e. The summed E-state index contributed by atoms with van der Waals surface area (Å²) < 4.78 is 38.7. The molecule has 1 atom stereocenters. The molecule has 1 aromatic carbocycles. The van der Waals surface area contributed by atoms with Crippen LogP contribution in [0.15, 0.2) is 34.9 Å². The van der Waals surface area contributed by atoms with Crippen molar-refractivity contribution in [1.29, 1.82) is 0 Å². The zero-order valence-corrected chi connectivity index (χ0v) is 19.0. The normalized spacial score (nSPS) is 13.1. The lowest BCUT2D eigenvalue weighted by Gasteiger charge is -2.19. The number of aryl methyl sites for hydroxylation is 1. The summed E-state index contributed by atoms with van der Waals surface area (Å²) in [5.74, 6) is 0.873. The van der Waals surface area contributed by atoms with Gasteiger partial charge in [-0.1, -0.05) is 49.3 Å². The van der Waals surface area contributed by atoms with Crippen molar-refractivity contribution in [1.82, 2.24) is 19.8 Å². The fourth-order valence-corrected chi connectivity index (χ4v) is 4.47. The summed E-state index contributed by atoms with van der Waals surface area (Å²) in [4.78, 5) is 6.60. The van der Waals surface area contributed by atoms with Gasteiger partial charge in [-0.2, -0.15) is 4.98 Å². The Bertz CT molecular complexity index is 823. The zero-order valence-electron chi connectivity index (χ0n) is 18.2. The number of nitrogens with zero attached hydrogens (tertiary/aromatic N) is 3. The van der Waals surface area contributed by atoms with Crippen LogP contribution in [-0.2, 0) is 27.6 Å². The van der Waals surface area contributed by atoms with Gasteiger partial charge in [0.15, 0.2) is 5.82 Å². The first-order valence-electron chi connectivity index (χ1n) is 10.5. The van der Waals surface area contributed by atoms with Crippen LogP contribution in [0.4, 0.5) is 0 Å². The smallest absolute Gasteiger partial charge is 0.244 e. The Morgan fingerprint density at radius 1 is 1.17 bits per heavy atom. The van der Waals surface area contributed by atoms with Crippen molar-refractivity contribution in [3.8, 4) is 0 Å². The minimum Gasteiger partial charge on any atom is -0.384 e. The second-order valence-electron chi connectivity index (χ2n) is 7.19. The largest absolute Gasteiger partial charge is 0.384 e. The number of hydrogen-bond acceptors (Lipinski definition) is 7. The Morgan fingerprint density at radius 2 is 1.90 bits per heavy atom. The minimum atomic E-state index is -3.48. The third-order valence-corrected chi connectivity index (χ3v) is 6.45. The number of hydrogen-bond donors (Lipinski definition) is 1. The van der Waals surface area contributed by atoms with Gasteiger partial charge in [-0.15, -0.1) is 0 Å². The molecule has 1 aromatic heterocycles. The summed E-state index contributed by atoms with van der Waals surface area (Å²) >= 11 is 0. The number of benzene rings is 1. The van der Waals surface area contributed by atoms with E-state index in [-0.39, 0.29) is 5.75 Å². The Hall–Kier alpha value is -1.81. The van der Waals surface area contributed by atoms with Crippen molar-refractivity contribution in [2.75, 3.05) is 39.1 Å². The van der Waals surface area contributed by atoms with E-state index in [1.807, 2.05) is 30.3 Å². The van der Waals surface area contributed by atoms with Gasteiger partial charge in [-0.3, -0.25) is 0 Å². The van der Waals surface area contributed by atoms with E-state index in [0.29, 0.717) is 44.0 Å². The van der Waals surface area contributed by atoms with E-state index in [1.54, 1.807) is 7.11 Å². The number of aromatic nitrogens is 2. The van der Waals surface area contributed by atoms with E-state index in [0.717, 1.165) is 25.2 Å². The molecule has 2 aromatic rings. The van der Waals surface area contributed by atoms with E-state index in [2.05, 4.69) is 33.6 Å². The monoisotopic (exact) mass is 438 g/mol. The van der Waals surface area contributed by atoms with E-state index < -0.39 is 16.1 Å². The van der Waals surface area contributed by atoms with Crippen molar-refractivity contribution in [2.45, 2.75) is 45.6 Å². The maximum absolute atomic E-state index is 12.7. The van der Waals surface area contributed by atoms with Crippen LogP contribution in [0.5, 0.6) is 0 Å². The molecule has 0 spiro atoms. The molecule has 30 heavy (non-hydrogen) atoms. The summed E-state index contributed by atoms with van der Waals surface area (Å²) in [6.07, 6.45) is 2.32. The molecule has 0 unspecified atom stereocenters. The third kappa shape index (κ3) is 8.51. The molecule has 0 aliphatic heterocycles. The van der Waals surface area contributed by atoms with Crippen molar-refractivity contribution < 1.29 is 17.7 Å². The molecule has 0 fully saturated rings. The number of rotatable bonds is 15. The summed E-state index contributed by atoms with van der Waals surface area (Å²) in [5, 5.41) is 3.96. The lowest BCUT2D eigenvalue weighted by Crippen LogP contribution is -2.33. The lowest BCUT2D eigenvalue weighted by molar-refractivity contribution is 0.199. The molecule has 0 aliphatic rings. The third-order valence-electron chi connectivity index (χ3n) is 4.98. The Balaban J connectivity index is 2.05. The Labute approximate surface area is 180 Å². The molecule has 2 rings (SSSR count). The summed E-state index contributed by atoms with van der Waals surface area (Å²) in [6, 6.07) is 9.38. The molecule has 0 saturated heterocycles. The van der Waals surface area contributed by atoms with Gasteiger partial charge in [0.05, 0.1) is 12.4 Å². The average molecular weight is 439 g/mol. The quantitative estimate of drug-likeness (QED) is 0.456. The highest BCUT2D eigenvalue weighted by molar-refractivity contribution is 7.89. The van der Waals surface area contributed by atoms with Crippen molar-refractivity contribution in [2.24, 2.45) is 0 Å². The lowest BCUT2D eigenvalue weighted by atomic mass is 10.1. The summed E-state index contributed by atoms with van der Waals surface area (Å²) in [7, 11) is -1.88. The Morgan fingerprint density at radius 3 is 2.57 bits per heavy atom. The van der Waals surface area contributed by atoms with Crippen LogP contribution >= 0.6 is 0 Å². The van der Waals surface area contributed by atoms with Crippen LogP contribution in [0.3, 0.4) is 0 Å². The van der Waals surface area contributed by atoms with Crippen LogP contribution in [0.2, 0.25) is 0 Å². The molecule has 0 aliphatic carbocycles. The second-order valence-corrected chi connectivity index (χ2v) is 9.06. The number of ether oxygens (including phenoxy) is 1. The highest BCUT2D eigenvalue weighted by Crippen LogP contribution is 2.19. The SMILES string of the molecule is CCN(CC)CCCS(=O)(=O)N[C@H](CCc1ccccc1)c1nc(CCOC)no1. The van der Waals surface area contributed by atoms with E-state index in [4.69, 9.17) is 9.26 Å². The molecular weight excluding hydrogens is 404 g/mol. The fourth-order valence-electron chi connectivity index (χ4n) is 3.19.